The number of H-pyrrole nitrogens is 1. The lowest BCUT2D eigenvalue weighted by Gasteiger charge is -2.24. The molecule has 3 heterocycles. The van der Waals surface area contributed by atoms with Crippen molar-refractivity contribution in [3.63, 3.8) is 0 Å². The molecule has 1 atom stereocenters. The minimum atomic E-state index is -0.000787. The maximum atomic E-state index is 11.8. The molecule has 0 radical (unpaired) electrons. The van der Waals surface area contributed by atoms with E-state index in [-0.39, 0.29) is 11.8 Å². The summed E-state index contributed by atoms with van der Waals surface area (Å²) in [6.45, 7) is 0. The quantitative estimate of drug-likeness (QED) is 0.713. The first-order valence-electron chi connectivity index (χ1n) is 5.97. The molecule has 1 unspecified atom stereocenters. The second-order valence-corrected chi connectivity index (χ2v) is 5.30. The Morgan fingerprint density at radius 1 is 1.37 bits per heavy atom. The van der Waals surface area contributed by atoms with Crippen LogP contribution in [0.15, 0.2) is 29.2 Å². The van der Waals surface area contributed by atoms with Crippen LogP contribution in [0.3, 0.4) is 0 Å². The number of benzene rings is 1. The van der Waals surface area contributed by atoms with Gasteiger partial charge in [-0.2, -0.15) is 5.10 Å². The summed E-state index contributed by atoms with van der Waals surface area (Å²) in [6, 6.07) is 3.89. The molecule has 0 bridgehead atoms. The Balaban J connectivity index is 2.01. The van der Waals surface area contributed by atoms with Crippen molar-refractivity contribution in [2.75, 3.05) is 5.32 Å². The number of anilines is 1. The Labute approximate surface area is 112 Å². The molecule has 2 aromatic heterocycles. The van der Waals surface area contributed by atoms with Gasteiger partial charge in [0.1, 0.15) is 0 Å². The third-order valence-electron chi connectivity index (χ3n) is 3.48. The largest absolute Gasteiger partial charge is 0.326 e. The summed E-state index contributed by atoms with van der Waals surface area (Å²) >= 11 is 1.55. The topological polar surface area (TPSA) is 70.7 Å². The highest BCUT2D eigenvalue weighted by Gasteiger charge is 2.30. The van der Waals surface area contributed by atoms with Crippen molar-refractivity contribution in [2.45, 2.75) is 12.3 Å². The number of rotatable bonds is 1. The molecule has 1 aliphatic heterocycles. The van der Waals surface area contributed by atoms with E-state index in [1.807, 2.05) is 17.5 Å². The van der Waals surface area contributed by atoms with E-state index in [4.69, 9.17) is 0 Å². The number of nitrogens with zero attached hydrogens (tertiary/aromatic N) is 2. The van der Waals surface area contributed by atoms with Gasteiger partial charge in [-0.05, 0) is 12.1 Å². The van der Waals surface area contributed by atoms with Crippen molar-refractivity contribution in [2.24, 2.45) is 0 Å². The number of carbonyl (C=O) groups excluding carboxylic acids is 1. The third-order valence-corrected chi connectivity index (χ3v) is 4.08. The predicted octanol–water partition coefficient (Wildman–Crippen LogP) is 2.49. The smallest absolute Gasteiger partial charge is 0.225 e. The number of carbonyl (C=O) groups is 1. The van der Waals surface area contributed by atoms with Crippen molar-refractivity contribution in [1.82, 2.24) is 15.2 Å². The third kappa shape index (κ3) is 1.57. The highest BCUT2D eigenvalue weighted by molar-refractivity contribution is 7.07. The molecule has 0 aliphatic carbocycles. The normalized spacial score (nSPS) is 18.3. The Morgan fingerprint density at radius 3 is 3.16 bits per heavy atom. The first-order valence-corrected chi connectivity index (χ1v) is 6.91. The zero-order valence-corrected chi connectivity index (χ0v) is 10.7. The van der Waals surface area contributed by atoms with Crippen LogP contribution in [-0.4, -0.2) is 21.1 Å². The molecule has 5 nitrogen and oxygen atoms in total. The molecule has 4 rings (SSSR count). The standard InChI is InChI=1S/C13H10N4OS/c18-11-3-8(10-5-19-6-14-10)12-9(16-11)2-1-7-4-15-17-13(7)12/h1-2,4-6,8H,3H2,(H,15,17)(H,16,18). The summed E-state index contributed by atoms with van der Waals surface area (Å²) in [5.41, 5.74) is 5.67. The Hall–Kier alpha value is -2.21. The van der Waals surface area contributed by atoms with Gasteiger partial charge in [0.05, 0.1) is 22.9 Å². The summed E-state index contributed by atoms with van der Waals surface area (Å²) in [5.74, 6) is 0.0310. The van der Waals surface area contributed by atoms with Gasteiger partial charge in [0.2, 0.25) is 5.91 Å². The number of hydrogen-bond donors (Lipinski definition) is 2. The molecule has 1 amide bonds. The van der Waals surface area contributed by atoms with E-state index in [9.17, 15) is 4.79 Å². The van der Waals surface area contributed by atoms with Crippen LogP contribution in [0.1, 0.15) is 23.6 Å². The number of nitrogens with one attached hydrogen (secondary N) is 2. The molecule has 2 N–H and O–H groups in total. The average molecular weight is 270 g/mol. The van der Waals surface area contributed by atoms with Gasteiger partial charge >= 0.3 is 0 Å². The fourth-order valence-corrected chi connectivity index (χ4v) is 3.25. The van der Waals surface area contributed by atoms with Gasteiger partial charge < -0.3 is 5.32 Å². The zero-order valence-electron chi connectivity index (χ0n) is 9.88. The Kier molecular flexibility index (Phi) is 2.19. The molecule has 0 fully saturated rings. The highest BCUT2D eigenvalue weighted by atomic mass is 32.1. The van der Waals surface area contributed by atoms with Crippen LogP contribution in [-0.2, 0) is 4.79 Å². The number of fused-ring (bicyclic) bond motifs is 3. The van der Waals surface area contributed by atoms with E-state index >= 15 is 0 Å². The molecule has 3 aromatic rings. The van der Waals surface area contributed by atoms with Gasteiger partial charge in [-0.1, -0.05) is 0 Å². The van der Waals surface area contributed by atoms with Crippen LogP contribution in [0.25, 0.3) is 10.9 Å². The molecule has 1 aliphatic rings. The van der Waals surface area contributed by atoms with Crippen LogP contribution < -0.4 is 5.32 Å². The van der Waals surface area contributed by atoms with E-state index in [0.29, 0.717) is 6.42 Å². The maximum Gasteiger partial charge on any atom is 0.225 e. The number of hydrogen-bond acceptors (Lipinski definition) is 4. The van der Waals surface area contributed by atoms with E-state index in [0.717, 1.165) is 27.8 Å². The van der Waals surface area contributed by atoms with Gasteiger partial charge in [0.15, 0.2) is 0 Å². The molecule has 94 valence electrons. The van der Waals surface area contributed by atoms with Crippen molar-refractivity contribution < 1.29 is 4.79 Å². The number of aromatic amines is 1. The number of thiazole rings is 1. The monoisotopic (exact) mass is 270 g/mol. The summed E-state index contributed by atoms with van der Waals surface area (Å²) in [7, 11) is 0. The predicted molar refractivity (Wildman–Crippen MR) is 73.3 cm³/mol. The van der Waals surface area contributed by atoms with Gasteiger partial charge in [0.25, 0.3) is 0 Å². The highest BCUT2D eigenvalue weighted by Crippen LogP contribution is 2.40. The number of aromatic nitrogens is 3. The van der Waals surface area contributed by atoms with Crippen molar-refractivity contribution >= 4 is 33.8 Å². The second kappa shape index (κ2) is 3.89. The lowest BCUT2D eigenvalue weighted by atomic mass is 9.87. The van der Waals surface area contributed by atoms with Gasteiger partial charge in [-0.25, -0.2) is 4.98 Å². The van der Waals surface area contributed by atoms with Crippen LogP contribution in [0, 0.1) is 0 Å². The van der Waals surface area contributed by atoms with E-state index in [1.54, 1.807) is 23.0 Å². The van der Waals surface area contributed by atoms with E-state index < -0.39 is 0 Å². The summed E-state index contributed by atoms with van der Waals surface area (Å²) < 4.78 is 0. The van der Waals surface area contributed by atoms with Gasteiger partial charge in [0, 0.05) is 34.4 Å². The summed E-state index contributed by atoms with van der Waals surface area (Å²) in [4.78, 5) is 16.2. The molecule has 0 spiro atoms. The van der Waals surface area contributed by atoms with Crippen LogP contribution >= 0.6 is 11.3 Å². The molecule has 0 saturated heterocycles. The average Bonchev–Trinajstić information content (AvgIpc) is 3.08. The summed E-state index contributed by atoms with van der Waals surface area (Å²) in [5, 5.41) is 13.1. The van der Waals surface area contributed by atoms with Crippen molar-refractivity contribution in [3.8, 4) is 0 Å². The first kappa shape index (κ1) is 10.7. The Bertz CT molecular complexity index is 762. The van der Waals surface area contributed by atoms with Crippen LogP contribution in [0.5, 0.6) is 0 Å². The molecule has 6 heteroatoms. The molecule has 1 aromatic carbocycles. The zero-order chi connectivity index (χ0) is 12.8. The molecule has 19 heavy (non-hydrogen) atoms. The minimum Gasteiger partial charge on any atom is -0.326 e. The molecule has 0 saturated carbocycles. The van der Waals surface area contributed by atoms with E-state index in [2.05, 4.69) is 20.5 Å². The van der Waals surface area contributed by atoms with E-state index in [1.165, 1.54) is 0 Å². The number of amides is 1. The fraction of sp³-hybridized carbons (Fsp3) is 0.154. The molecular formula is C13H10N4OS. The molecular weight excluding hydrogens is 260 g/mol. The van der Waals surface area contributed by atoms with Crippen molar-refractivity contribution in [3.05, 3.63) is 40.5 Å². The SMILES string of the molecule is O=C1CC(c2cscn2)c2c(ccc3cn[nH]c23)N1. The lowest BCUT2D eigenvalue weighted by Crippen LogP contribution is -2.24. The van der Waals surface area contributed by atoms with Crippen LogP contribution in [0.4, 0.5) is 5.69 Å². The first-order chi connectivity index (χ1) is 9.33. The van der Waals surface area contributed by atoms with Crippen molar-refractivity contribution in [1.29, 1.82) is 0 Å². The summed E-state index contributed by atoms with van der Waals surface area (Å²) in [6.07, 6.45) is 2.22. The van der Waals surface area contributed by atoms with Crippen LogP contribution in [0.2, 0.25) is 0 Å². The lowest BCUT2D eigenvalue weighted by molar-refractivity contribution is -0.116. The fourth-order valence-electron chi connectivity index (χ4n) is 2.64. The van der Waals surface area contributed by atoms with Gasteiger partial charge in [-0.15, -0.1) is 11.3 Å². The maximum absolute atomic E-state index is 11.8. The minimum absolute atomic E-state index is 0.000787. The van der Waals surface area contributed by atoms with Gasteiger partial charge in [-0.3, -0.25) is 9.89 Å². The second-order valence-electron chi connectivity index (χ2n) is 4.58. The Morgan fingerprint density at radius 2 is 2.32 bits per heavy atom.